The highest BCUT2D eigenvalue weighted by Crippen LogP contribution is 2.27. The minimum absolute atomic E-state index is 0.413. The number of carbonyl (C=O) groups excluding carboxylic acids is 1. The zero-order valence-electron chi connectivity index (χ0n) is 14.8. The predicted molar refractivity (Wildman–Crippen MR) is 98.8 cm³/mol. The number of hydrogen-bond donors (Lipinski definition) is 0. The number of nitrogens with zero attached hydrogens (tertiary/aromatic N) is 3. The zero-order chi connectivity index (χ0) is 17.9. The van der Waals surface area contributed by atoms with Gasteiger partial charge in [0.1, 0.15) is 5.75 Å². The van der Waals surface area contributed by atoms with E-state index in [0.29, 0.717) is 11.4 Å². The van der Waals surface area contributed by atoms with Crippen molar-refractivity contribution in [1.82, 2.24) is 14.8 Å². The number of benzene rings is 1. The second kappa shape index (κ2) is 7.12. The number of aryl methyl sites for hydroxylation is 1. The highest BCUT2D eigenvalue weighted by atomic mass is 16.5. The van der Waals surface area contributed by atoms with Gasteiger partial charge in [-0.3, -0.25) is 4.98 Å². The van der Waals surface area contributed by atoms with Crippen LogP contribution in [0.3, 0.4) is 0 Å². The molecule has 26 heavy (non-hydrogen) atoms. The Morgan fingerprint density at radius 1 is 1.04 bits per heavy atom. The van der Waals surface area contributed by atoms with Gasteiger partial charge in [0.25, 0.3) is 0 Å². The maximum absolute atomic E-state index is 12.8. The van der Waals surface area contributed by atoms with E-state index >= 15 is 0 Å². The third kappa shape index (κ3) is 3.25. The summed E-state index contributed by atoms with van der Waals surface area (Å²) in [7, 11) is 0. The monoisotopic (exact) mass is 347 g/mol. The van der Waals surface area contributed by atoms with E-state index in [1.165, 1.54) is 6.42 Å². The summed E-state index contributed by atoms with van der Waals surface area (Å²) in [5.74, 6) is 0.0284. The second-order valence-electron chi connectivity index (χ2n) is 6.61. The number of pyridine rings is 1. The summed E-state index contributed by atoms with van der Waals surface area (Å²) in [6.07, 6.45) is 6.71. The van der Waals surface area contributed by atoms with Crippen molar-refractivity contribution < 1.29 is 9.53 Å². The van der Waals surface area contributed by atoms with Gasteiger partial charge in [-0.1, -0.05) is 24.6 Å². The molecule has 0 radical (unpaired) electrons. The molecule has 1 aliphatic rings. The summed E-state index contributed by atoms with van der Waals surface area (Å²) >= 11 is 0. The van der Waals surface area contributed by atoms with Gasteiger partial charge in [0, 0.05) is 17.0 Å². The highest BCUT2D eigenvalue weighted by molar-refractivity contribution is 5.91. The average molecular weight is 347 g/mol. The molecule has 1 aromatic carbocycles. The van der Waals surface area contributed by atoms with Gasteiger partial charge < -0.3 is 4.74 Å². The second-order valence-corrected chi connectivity index (χ2v) is 6.61. The van der Waals surface area contributed by atoms with E-state index in [0.717, 1.165) is 48.3 Å². The van der Waals surface area contributed by atoms with Crippen LogP contribution in [0.2, 0.25) is 0 Å². The third-order valence-corrected chi connectivity index (χ3v) is 4.72. The number of esters is 1. The normalized spacial score (nSPS) is 13.7. The van der Waals surface area contributed by atoms with Crippen LogP contribution in [0.25, 0.3) is 5.69 Å². The van der Waals surface area contributed by atoms with Gasteiger partial charge in [0.15, 0.2) is 5.69 Å². The SMILES string of the molecule is Cc1ccc(OC(=O)c2nn(-c3ccccc3)c3c2CCCCC3)cn1. The first kappa shape index (κ1) is 16.5. The number of carbonyl (C=O) groups is 1. The van der Waals surface area contributed by atoms with E-state index in [4.69, 9.17) is 4.74 Å². The maximum atomic E-state index is 12.8. The maximum Gasteiger partial charge on any atom is 0.364 e. The lowest BCUT2D eigenvalue weighted by molar-refractivity contribution is 0.0726. The molecule has 0 fully saturated rings. The standard InChI is InChI=1S/C21H21N3O2/c1-15-12-13-17(14-22-15)26-21(25)20-18-10-6-3-7-11-19(18)24(23-20)16-8-4-2-5-9-16/h2,4-5,8-9,12-14H,3,6-7,10-11H2,1H3. The van der Waals surface area contributed by atoms with Crippen molar-refractivity contribution in [1.29, 1.82) is 0 Å². The van der Waals surface area contributed by atoms with E-state index in [1.54, 1.807) is 12.3 Å². The average Bonchev–Trinajstić information content (AvgIpc) is 2.86. The van der Waals surface area contributed by atoms with Crippen LogP contribution in [0, 0.1) is 6.92 Å². The van der Waals surface area contributed by atoms with Gasteiger partial charge in [-0.25, -0.2) is 9.48 Å². The summed E-state index contributed by atoms with van der Waals surface area (Å²) in [6, 6.07) is 13.5. The van der Waals surface area contributed by atoms with Crippen LogP contribution in [-0.4, -0.2) is 20.7 Å². The molecular formula is C21H21N3O2. The molecule has 0 unspecified atom stereocenters. The molecule has 0 amide bonds. The molecule has 0 saturated carbocycles. The lowest BCUT2D eigenvalue weighted by Crippen LogP contribution is -2.12. The van der Waals surface area contributed by atoms with Gasteiger partial charge in [0.05, 0.1) is 11.9 Å². The summed E-state index contributed by atoms with van der Waals surface area (Å²) in [6.45, 7) is 1.90. The van der Waals surface area contributed by atoms with Crippen molar-refractivity contribution in [3.8, 4) is 11.4 Å². The minimum Gasteiger partial charge on any atom is -0.420 e. The van der Waals surface area contributed by atoms with E-state index in [-0.39, 0.29) is 0 Å². The van der Waals surface area contributed by atoms with E-state index in [9.17, 15) is 4.79 Å². The molecule has 0 spiro atoms. The van der Waals surface area contributed by atoms with Crippen molar-refractivity contribution in [2.45, 2.75) is 39.0 Å². The van der Waals surface area contributed by atoms with Crippen LogP contribution in [0.5, 0.6) is 5.75 Å². The Kier molecular flexibility index (Phi) is 4.52. The van der Waals surface area contributed by atoms with Crippen LogP contribution >= 0.6 is 0 Å². The number of hydrogen-bond acceptors (Lipinski definition) is 4. The Labute approximate surface area is 152 Å². The first-order valence-corrected chi connectivity index (χ1v) is 9.03. The molecule has 1 aliphatic carbocycles. The van der Waals surface area contributed by atoms with Crippen molar-refractivity contribution in [3.63, 3.8) is 0 Å². The lowest BCUT2D eigenvalue weighted by atomic mass is 10.1. The highest BCUT2D eigenvalue weighted by Gasteiger charge is 2.26. The van der Waals surface area contributed by atoms with Crippen LogP contribution in [-0.2, 0) is 12.8 Å². The quantitative estimate of drug-likeness (QED) is 0.529. The smallest absolute Gasteiger partial charge is 0.364 e. The molecule has 2 aromatic heterocycles. The van der Waals surface area contributed by atoms with E-state index in [1.807, 2.05) is 48.0 Å². The molecule has 0 atom stereocenters. The molecule has 132 valence electrons. The van der Waals surface area contributed by atoms with Gasteiger partial charge in [-0.15, -0.1) is 0 Å². The first-order valence-electron chi connectivity index (χ1n) is 9.03. The zero-order valence-corrected chi connectivity index (χ0v) is 14.8. The van der Waals surface area contributed by atoms with Gasteiger partial charge >= 0.3 is 5.97 Å². The fourth-order valence-electron chi connectivity index (χ4n) is 3.39. The Balaban J connectivity index is 1.72. The molecule has 0 saturated heterocycles. The van der Waals surface area contributed by atoms with Crippen LogP contribution in [0.4, 0.5) is 0 Å². The summed E-state index contributed by atoms with van der Waals surface area (Å²) in [4.78, 5) is 17.0. The van der Waals surface area contributed by atoms with E-state index < -0.39 is 5.97 Å². The van der Waals surface area contributed by atoms with Gasteiger partial charge in [-0.05, 0) is 56.9 Å². The molecule has 0 N–H and O–H groups in total. The summed E-state index contributed by atoms with van der Waals surface area (Å²) in [5, 5.41) is 4.64. The molecule has 4 rings (SSSR count). The topological polar surface area (TPSA) is 57.0 Å². The number of rotatable bonds is 3. The van der Waals surface area contributed by atoms with Crippen molar-refractivity contribution in [3.05, 3.63) is 71.3 Å². The molecule has 3 aromatic rings. The van der Waals surface area contributed by atoms with Crippen LogP contribution in [0.15, 0.2) is 48.7 Å². The Morgan fingerprint density at radius 3 is 2.62 bits per heavy atom. The fraction of sp³-hybridized carbons (Fsp3) is 0.286. The van der Waals surface area contributed by atoms with Crippen molar-refractivity contribution in [2.75, 3.05) is 0 Å². The van der Waals surface area contributed by atoms with Gasteiger partial charge in [0.2, 0.25) is 0 Å². The molecule has 5 heteroatoms. The number of para-hydroxylation sites is 1. The van der Waals surface area contributed by atoms with E-state index in [2.05, 4.69) is 10.1 Å². The Bertz CT molecular complexity index is 914. The summed E-state index contributed by atoms with van der Waals surface area (Å²) < 4.78 is 7.44. The van der Waals surface area contributed by atoms with Crippen LogP contribution < -0.4 is 4.74 Å². The fourth-order valence-corrected chi connectivity index (χ4v) is 3.39. The Morgan fingerprint density at radius 2 is 1.85 bits per heavy atom. The minimum atomic E-state index is -0.413. The number of ether oxygens (including phenoxy) is 1. The Hall–Kier alpha value is -2.95. The molecule has 5 nitrogen and oxygen atoms in total. The third-order valence-electron chi connectivity index (χ3n) is 4.72. The van der Waals surface area contributed by atoms with Gasteiger partial charge in [-0.2, -0.15) is 5.10 Å². The number of aromatic nitrogens is 3. The number of fused-ring (bicyclic) bond motifs is 1. The molecule has 0 bridgehead atoms. The predicted octanol–water partition coefficient (Wildman–Crippen LogP) is 4.06. The molecular weight excluding hydrogens is 326 g/mol. The van der Waals surface area contributed by atoms with Crippen molar-refractivity contribution in [2.24, 2.45) is 0 Å². The summed E-state index contributed by atoms with van der Waals surface area (Å²) in [5.41, 5.74) is 4.43. The van der Waals surface area contributed by atoms with Crippen LogP contribution in [0.1, 0.15) is 46.7 Å². The largest absolute Gasteiger partial charge is 0.420 e. The first-order chi connectivity index (χ1) is 12.7. The molecule has 2 heterocycles. The van der Waals surface area contributed by atoms with Crippen molar-refractivity contribution >= 4 is 5.97 Å². The lowest BCUT2D eigenvalue weighted by Gasteiger charge is -2.06. The molecule has 0 aliphatic heterocycles.